The highest BCUT2D eigenvalue weighted by Gasteiger charge is 2.08. The summed E-state index contributed by atoms with van der Waals surface area (Å²) >= 11 is 5.96. The van der Waals surface area contributed by atoms with Crippen LogP contribution < -0.4 is 5.73 Å². The third-order valence-electron chi connectivity index (χ3n) is 2.07. The quantitative estimate of drug-likeness (QED) is 0.808. The van der Waals surface area contributed by atoms with Gasteiger partial charge in [0.05, 0.1) is 5.02 Å². The van der Waals surface area contributed by atoms with Gasteiger partial charge in [-0.25, -0.2) is 0 Å². The molecule has 0 aliphatic carbocycles. The zero-order valence-electron chi connectivity index (χ0n) is 7.83. The van der Waals surface area contributed by atoms with Gasteiger partial charge in [-0.05, 0) is 18.1 Å². The van der Waals surface area contributed by atoms with Gasteiger partial charge in [0.25, 0.3) is 0 Å². The number of rotatable bonds is 4. The fourth-order valence-corrected chi connectivity index (χ4v) is 1.53. The molecule has 0 unspecified atom stereocenters. The summed E-state index contributed by atoms with van der Waals surface area (Å²) < 4.78 is 0. The van der Waals surface area contributed by atoms with Gasteiger partial charge in [0.2, 0.25) is 0 Å². The molecule has 13 heavy (non-hydrogen) atoms. The lowest BCUT2D eigenvalue weighted by molar-refractivity contribution is 0.603. The number of hydrogen-bond acceptors (Lipinski definition) is 2. The van der Waals surface area contributed by atoms with Crippen molar-refractivity contribution in [1.82, 2.24) is 4.98 Å². The molecule has 2 N–H and O–H groups in total. The van der Waals surface area contributed by atoms with Crippen molar-refractivity contribution in [2.75, 3.05) is 0 Å². The topological polar surface area (TPSA) is 38.9 Å². The van der Waals surface area contributed by atoms with Crippen LogP contribution in [0.1, 0.15) is 37.8 Å². The van der Waals surface area contributed by atoms with Gasteiger partial charge in [-0.2, -0.15) is 0 Å². The molecule has 1 aromatic heterocycles. The van der Waals surface area contributed by atoms with Crippen LogP contribution in [0.2, 0.25) is 5.02 Å². The summed E-state index contributed by atoms with van der Waals surface area (Å²) in [5.74, 6) is 0. The largest absolute Gasteiger partial charge is 0.324 e. The number of unbranched alkanes of at least 4 members (excludes halogenated alkanes) is 1. The van der Waals surface area contributed by atoms with Gasteiger partial charge in [0, 0.05) is 18.4 Å². The van der Waals surface area contributed by atoms with Gasteiger partial charge in [-0.15, -0.1) is 0 Å². The lowest BCUT2D eigenvalue weighted by atomic mass is 10.0. The van der Waals surface area contributed by atoms with E-state index in [1.165, 1.54) is 0 Å². The van der Waals surface area contributed by atoms with E-state index in [0.29, 0.717) is 5.02 Å². The molecule has 2 nitrogen and oxygen atoms in total. The smallest absolute Gasteiger partial charge is 0.0637 e. The zero-order chi connectivity index (χ0) is 9.68. The minimum absolute atomic E-state index is 0.0513. The van der Waals surface area contributed by atoms with Crippen molar-refractivity contribution in [2.45, 2.75) is 32.2 Å². The molecule has 0 aliphatic heterocycles. The van der Waals surface area contributed by atoms with Crippen molar-refractivity contribution in [2.24, 2.45) is 5.73 Å². The molecule has 0 fully saturated rings. The summed E-state index contributed by atoms with van der Waals surface area (Å²) in [5.41, 5.74) is 6.97. The van der Waals surface area contributed by atoms with E-state index in [0.717, 1.165) is 24.8 Å². The van der Waals surface area contributed by atoms with Crippen LogP contribution in [-0.2, 0) is 0 Å². The predicted octanol–water partition coefficient (Wildman–Crippen LogP) is 2.93. The van der Waals surface area contributed by atoms with E-state index in [-0.39, 0.29) is 6.04 Å². The Labute approximate surface area is 84.1 Å². The van der Waals surface area contributed by atoms with Crippen LogP contribution in [0.25, 0.3) is 0 Å². The number of pyridine rings is 1. The monoisotopic (exact) mass is 198 g/mol. The molecule has 1 heterocycles. The molecule has 1 aromatic rings. The first-order valence-electron chi connectivity index (χ1n) is 4.60. The first-order chi connectivity index (χ1) is 6.25. The van der Waals surface area contributed by atoms with Crippen LogP contribution in [0.3, 0.4) is 0 Å². The van der Waals surface area contributed by atoms with Gasteiger partial charge < -0.3 is 5.73 Å². The van der Waals surface area contributed by atoms with Crippen LogP contribution in [0, 0.1) is 0 Å². The van der Waals surface area contributed by atoms with E-state index in [2.05, 4.69) is 11.9 Å². The molecule has 0 amide bonds. The highest BCUT2D eigenvalue weighted by Crippen LogP contribution is 2.23. The second kappa shape index (κ2) is 5.20. The summed E-state index contributed by atoms with van der Waals surface area (Å²) in [6.45, 7) is 2.15. The molecular weight excluding hydrogens is 184 g/mol. The Kier molecular flexibility index (Phi) is 4.19. The molecular formula is C10H15ClN2. The molecule has 3 heteroatoms. The van der Waals surface area contributed by atoms with E-state index in [1.807, 2.05) is 6.07 Å². The van der Waals surface area contributed by atoms with Gasteiger partial charge in [0.1, 0.15) is 0 Å². The number of halogens is 1. The van der Waals surface area contributed by atoms with E-state index in [1.54, 1.807) is 12.4 Å². The maximum Gasteiger partial charge on any atom is 0.0637 e. The third kappa shape index (κ3) is 2.98. The Morgan fingerprint density at radius 2 is 2.38 bits per heavy atom. The fourth-order valence-electron chi connectivity index (χ4n) is 1.27. The second-order valence-corrected chi connectivity index (χ2v) is 3.55. The average Bonchev–Trinajstić information content (AvgIpc) is 2.15. The Bertz CT molecular complexity index is 263. The van der Waals surface area contributed by atoms with Gasteiger partial charge in [-0.3, -0.25) is 4.98 Å². The van der Waals surface area contributed by atoms with E-state index in [9.17, 15) is 0 Å². The molecule has 0 spiro atoms. The lowest BCUT2D eigenvalue weighted by Crippen LogP contribution is -2.10. The van der Waals surface area contributed by atoms with Crippen molar-refractivity contribution in [3.63, 3.8) is 0 Å². The normalized spacial score (nSPS) is 12.8. The Morgan fingerprint density at radius 1 is 1.62 bits per heavy atom. The van der Waals surface area contributed by atoms with Crippen LogP contribution in [-0.4, -0.2) is 4.98 Å². The minimum atomic E-state index is 0.0513. The number of nitrogens with two attached hydrogens (primary N) is 1. The van der Waals surface area contributed by atoms with E-state index < -0.39 is 0 Å². The highest BCUT2D eigenvalue weighted by molar-refractivity contribution is 6.31. The second-order valence-electron chi connectivity index (χ2n) is 3.15. The van der Waals surface area contributed by atoms with E-state index in [4.69, 9.17) is 17.3 Å². The fraction of sp³-hybridized carbons (Fsp3) is 0.500. The Hall–Kier alpha value is -0.600. The molecule has 0 aliphatic rings. The highest BCUT2D eigenvalue weighted by atomic mass is 35.5. The maximum absolute atomic E-state index is 5.97. The Balaban J connectivity index is 2.65. The van der Waals surface area contributed by atoms with Crippen LogP contribution >= 0.6 is 11.6 Å². The SMILES string of the molecule is CCCC[C@@H](N)c1ccncc1Cl. The van der Waals surface area contributed by atoms with Gasteiger partial charge in [0.15, 0.2) is 0 Å². The molecule has 0 saturated carbocycles. The molecule has 0 aromatic carbocycles. The first-order valence-corrected chi connectivity index (χ1v) is 4.98. The summed E-state index contributed by atoms with van der Waals surface area (Å²) in [6, 6.07) is 1.94. The predicted molar refractivity (Wildman–Crippen MR) is 55.7 cm³/mol. The molecule has 0 radical (unpaired) electrons. The van der Waals surface area contributed by atoms with Crippen molar-refractivity contribution in [1.29, 1.82) is 0 Å². The number of aromatic nitrogens is 1. The summed E-state index contributed by atoms with van der Waals surface area (Å²) in [7, 11) is 0. The number of nitrogens with zero attached hydrogens (tertiary/aromatic N) is 1. The Morgan fingerprint density at radius 3 is 3.00 bits per heavy atom. The average molecular weight is 199 g/mol. The lowest BCUT2D eigenvalue weighted by Gasteiger charge is -2.12. The van der Waals surface area contributed by atoms with Gasteiger partial charge >= 0.3 is 0 Å². The summed E-state index contributed by atoms with van der Waals surface area (Å²) in [5, 5.41) is 0.672. The van der Waals surface area contributed by atoms with Crippen molar-refractivity contribution < 1.29 is 0 Å². The van der Waals surface area contributed by atoms with Crippen LogP contribution in [0.4, 0.5) is 0 Å². The number of hydrogen-bond donors (Lipinski definition) is 1. The van der Waals surface area contributed by atoms with Crippen molar-refractivity contribution in [3.8, 4) is 0 Å². The van der Waals surface area contributed by atoms with Crippen LogP contribution in [0.5, 0.6) is 0 Å². The summed E-state index contributed by atoms with van der Waals surface area (Å²) in [4.78, 5) is 3.92. The molecule has 0 bridgehead atoms. The van der Waals surface area contributed by atoms with Crippen LogP contribution in [0.15, 0.2) is 18.5 Å². The first kappa shape index (κ1) is 10.5. The third-order valence-corrected chi connectivity index (χ3v) is 2.39. The minimum Gasteiger partial charge on any atom is -0.324 e. The zero-order valence-corrected chi connectivity index (χ0v) is 8.59. The molecule has 72 valence electrons. The molecule has 0 saturated heterocycles. The van der Waals surface area contributed by atoms with Crippen molar-refractivity contribution >= 4 is 11.6 Å². The standard InChI is InChI=1S/C10H15ClN2/c1-2-3-4-10(12)8-5-6-13-7-9(8)11/h5-7,10H,2-4,12H2,1H3/t10-/m1/s1. The summed E-state index contributed by atoms with van der Waals surface area (Å²) in [6.07, 6.45) is 6.66. The molecule has 1 atom stereocenters. The van der Waals surface area contributed by atoms with Gasteiger partial charge in [-0.1, -0.05) is 31.4 Å². The molecule has 1 rings (SSSR count). The maximum atomic E-state index is 5.97. The van der Waals surface area contributed by atoms with E-state index >= 15 is 0 Å². The van der Waals surface area contributed by atoms with Crippen molar-refractivity contribution in [3.05, 3.63) is 29.0 Å².